The molecular weight excluding hydrogens is 487 g/mol. The first kappa shape index (κ1) is 25.2. The standard InChI is InChI=1S/C33H31FN4O/c1-20(2)13-15-33-18-21(19-35)29(39)17-22(33)11-12-26-30(25-8-3-5-9-27(25)34)37-32(38-31(26)33)24-14-16-36-28-10-6-4-7-23(24)28/h3-10,14,16,20,22,39H,11-13,15,17-18H2,1-2H3/t22-,33-/m1/s1. The number of aliphatic hydroxyl groups is 1. The van der Waals surface area contributed by atoms with E-state index in [2.05, 4.69) is 24.9 Å². The second kappa shape index (κ2) is 9.89. The highest BCUT2D eigenvalue weighted by molar-refractivity contribution is 5.92. The normalized spacial score (nSPS) is 20.5. The van der Waals surface area contributed by atoms with Crippen molar-refractivity contribution in [2.45, 2.75) is 57.8 Å². The number of aliphatic hydroxyl groups excluding tert-OH is 1. The van der Waals surface area contributed by atoms with Gasteiger partial charge >= 0.3 is 0 Å². The summed E-state index contributed by atoms with van der Waals surface area (Å²) in [6, 6.07) is 18.9. The first-order valence-electron chi connectivity index (χ1n) is 13.7. The number of benzene rings is 2. The van der Waals surface area contributed by atoms with Crippen molar-refractivity contribution < 1.29 is 9.50 Å². The Bertz CT molecular complexity index is 1650. The van der Waals surface area contributed by atoms with Crippen LogP contribution in [-0.4, -0.2) is 20.1 Å². The number of hydrogen-bond acceptors (Lipinski definition) is 5. The number of rotatable bonds is 5. The van der Waals surface area contributed by atoms with E-state index in [0.717, 1.165) is 47.0 Å². The van der Waals surface area contributed by atoms with Crippen molar-refractivity contribution in [1.82, 2.24) is 15.0 Å². The van der Waals surface area contributed by atoms with E-state index in [1.54, 1.807) is 18.3 Å². The van der Waals surface area contributed by atoms with Gasteiger partial charge in [-0.15, -0.1) is 0 Å². The molecule has 0 aliphatic heterocycles. The second-order valence-corrected chi connectivity index (χ2v) is 11.3. The van der Waals surface area contributed by atoms with Gasteiger partial charge in [0.15, 0.2) is 5.82 Å². The molecule has 0 spiro atoms. The van der Waals surface area contributed by atoms with Crippen molar-refractivity contribution in [3.63, 3.8) is 0 Å². The molecule has 0 saturated carbocycles. The van der Waals surface area contributed by atoms with Crippen LogP contribution in [0.1, 0.15) is 57.2 Å². The summed E-state index contributed by atoms with van der Waals surface area (Å²) in [7, 11) is 0. The van der Waals surface area contributed by atoms with Crippen LogP contribution in [0.25, 0.3) is 33.5 Å². The maximum absolute atomic E-state index is 15.3. The lowest BCUT2D eigenvalue weighted by molar-refractivity contribution is 0.157. The van der Waals surface area contributed by atoms with Gasteiger partial charge in [0.1, 0.15) is 11.6 Å². The maximum Gasteiger partial charge on any atom is 0.160 e. The lowest BCUT2D eigenvalue weighted by atomic mass is 9.56. The van der Waals surface area contributed by atoms with E-state index in [0.29, 0.717) is 47.8 Å². The molecule has 196 valence electrons. The molecule has 0 amide bonds. The van der Waals surface area contributed by atoms with Crippen LogP contribution in [0.5, 0.6) is 0 Å². The number of hydrogen-bond donors (Lipinski definition) is 1. The quantitative estimate of drug-likeness (QED) is 0.291. The van der Waals surface area contributed by atoms with Gasteiger partial charge in [-0.25, -0.2) is 14.4 Å². The van der Waals surface area contributed by atoms with Gasteiger partial charge in [0, 0.05) is 40.1 Å². The summed E-state index contributed by atoms with van der Waals surface area (Å²) in [5.74, 6) is 1.03. The van der Waals surface area contributed by atoms with Gasteiger partial charge in [0.05, 0.1) is 28.5 Å². The Morgan fingerprint density at radius 3 is 2.67 bits per heavy atom. The van der Waals surface area contributed by atoms with Gasteiger partial charge in [-0.3, -0.25) is 4.98 Å². The Kier molecular flexibility index (Phi) is 6.38. The first-order chi connectivity index (χ1) is 18.9. The van der Waals surface area contributed by atoms with Crippen molar-refractivity contribution in [1.29, 1.82) is 5.26 Å². The fourth-order valence-electron chi connectivity index (χ4n) is 6.57. The molecule has 2 aliphatic carbocycles. The molecule has 1 N–H and O–H groups in total. The molecule has 39 heavy (non-hydrogen) atoms. The van der Waals surface area contributed by atoms with Crippen LogP contribution in [-0.2, 0) is 11.8 Å². The van der Waals surface area contributed by atoms with Crippen LogP contribution in [0.2, 0.25) is 0 Å². The molecule has 2 aromatic heterocycles. The summed E-state index contributed by atoms with van der Waals surface area (Å²) in [4.78, 5) is 14.9. The molecule has 2 aromatic carbocycles. The van der Waals surface area contributed by atoms with Crippen LogP contribution in [0.4, 0.5) is 4.39 Å². The van der Waals surface area contributed by atoms with Crippen molar-refractivity contribution in [2.75, 3.05) is 0 Å². The molecule has 5 nitrogen and oxygen atoms in total. The zero-order valence-corrected chi connectivity index (χ0v) is 22.3. The molecule has 0 unspecified atom stereocenters. The molecule has 6 heteroatoms. The monoisotopic (exact) mass is 518 g/mol. The molecule has 0 saturated heterocycles. The zero-order valence-electron chi connectivity index (χ0n) is 22.3. The number of pyridine rings is 1. The largest absolute Gasteiger partial charge is 0.511 e. The number of fused-ring (bicyclic) bond motifs is 4. The lowest BCUT2D eigenvalue weighted by Gasteiger charge is -2.48. The van der Waals surface area contributed by atoms with Gasteiger partial charge in [0.2, 0.25) is 0 Å². The molecule has 2 atom stereocenters. The van der Waals surface area contributed by atoms with Crippen molar-refractivity contribution >= 4 is 10.9 Å². The number of halogens is 1. The molecule has 4 aromatic rings. The summed E-state index contributed by atoms with van der Waals surface area (Å²) in [5, 5.41) is 21.6. The van der Waals surface area contributed by atoms with E-state index in [-0.39, 0.29) is 17.5 Å². The van der Waals surface area contributed by atoms with Crippen LogP contribution in [0.15, 0.2) is 72.1 Å². The molecule has 0 radical (unpaired) electrons. The molecule has 0 fully saturated rings. The van der Waals surface area contributed by atoms with Crippen LogP contribution < -0.4 is 0 Å². The number of allylic oxidation sites excluding steroid dienone is 2. The minimum absolute atomic E-state index is 0.145. The van der Waals surface area contributed by atoms with Gasteiger partial charge in [-0.1, -0.05) is 50.6 Å². The van der Waals surface area contributed by atoms with Gasteiger partial charge < -0.3 is 5.11 Å². The average molecular weight is 519 g/mol. The second-order valence-electron chi connectivity index (χ2n) is 11.3. The molecule has 0 bridgehead atoms. The third-order valence-electron chi connectivity index (χ3n) is 8.60. The van der Waals surface area contributed by atoms with Gasteiger partial charge in [-0.05, 0) is 61.8 Å². The summed E-state index contributed by atoms with van der Waals surface area (Å²) < 4.78 is 15.3. The summed E-state index contributed by atoms with van der Waals surface area (Å²) in [5.41, 5.74) is 4.63. The van der Waals surface area contributed by atoms with E-state index in [9.17, 15) is 10.4 Å². The summed E-state index contributed by atoms with van der Waals surface area (Å²) >= 11 is 0. The first-order valence-corrected chi connectivity index (χ1v) is 13.7. The van der Waals surface area contributed by atoms with Crippen LogP contribution >= 0.6 is 0 Å². The third kappa shape index (κ3) is 4.27. The van der Waals surface area contributed by atoms with Gasteiger partial charge in [0.25, 0.3) is 0 Å². The van der Waals surface area contributed by atoms with E-state index < -0.39 is 5.41 Å². The summed E-state index contributed by atoms with van der Waals surface area (Å²) in [6.45, 7) is 4.41. The van der Waals surface area contributed by atoms with Crippen LogP contribution in [0.3, 0.4) is 0 Å². The van der Waals surface area contributed by atoms with Crippen molar-refractivity contribution in [3.8, 4) is 28.7 Å². The lowest BCUT2D eigenvalue weighted by Crippen LogP contribution is -2.44. The zero-order chi connectivity index (χ0) is 27.1. The molecule has 2 aliphatic rings. The minimum Gasteiger partial charge on any atom is -0.511 e. The van der Waals surface area contributed by atoms with E-state index >= 15 is 4.39 Å². The Balaban J connectivity index is 1.67. The number of nitrogens with zero attached hydrogens (tertiary/aromatic N) is 4. The number of nitriles is 1. The predicted octanol–water partition coefficient (Wildman–Crippen LogP) is 7.86. The Hall–Kier alpha value is -4.11. The molecule has 6 rings (SSSR count). The average Bonchev–Trinajstić information content (AvgIpc) is 2.95. The topological polar surface area (TPSA) is 82.7 Å². The fraction of sp³-hybridized carbons (Fsp3) is 0.333. The molecule has 2 heterocycles. The summed E-state index contributed by atoms with van der Waals surface area (Å²) in [6.07, 6.45) is 5.98. The molecular formula is C33H31FN4O. The smallest absolute Gasteiger partial charge is 0.160 e. The van der Waals surface area contributed by atoms with E-state index in [1.807, 2.05) is 36.4 Å². The fourth-order valence-corrected chi connectivity index (χ4v) is 6.57. The highest BCUT2D eigenvalue weighted by Gasteiger charge is 2.50. The maximum atomic E-state index is 15.3. The number of aromatic nitrogens is 3. The minimum atomic E-state index is -0.435. The SMILES string of the molecule is CC(C)CC[C@@]12CC(C#N)=C(O)C[C@H]1CCc1c(-c3ccccc3F)nc(-c3ccnc4ccccc34)nc12. The Morgan fingerprint density at radius 2 is 1.87 bits per heavy atom. The van der Waals surface area contributed by atoms with Gasteiger partial charge in [-0.2, -0.15) is 5.26 Å². The van der Waals surface area contributed by atoms with E-state index in [1.165, 1.54) is 6.07 Å². The van der Waals surface area contributed by atoms with E-state index in [4.69, 9.17) is 9.97 Å². The Morgan fingerprint density at radius 1 is 1.08 bits per heavy atom. The number of para-hydroxylation sites is 1. The van der Waals surface area contributed by atoms with Crippen molar-refractivity contribution in [2.24, 2.45) is 11.8 Å². The highest BCUT2D eigenvalue weighted by atomic mass is 19.1. The van der Waals surface area contributed by atoms with Crippen molar-refractivity contribution in [3.05, 3.63) is 89.2 Å². The third-order valence-corrected chi connectivity index (χ3v) is 8.60. The highest BCUT2D eigenvalue weighted by Crippen LogP contribution is 2.55. The van der Waals surface area contributed by atoms with Crippen LogP contribution in [0, 0.1) is 29.0 Å². The Labute approximate surface area is 228 Å². The predicted molar refractivity (Wildman–Crippen MR) is 150 cm³/mol.